The van der Waals surface area contributed by atoms with Crippen LogP contribution in [0.15, 0.2) is 11.0 Å². The highest BCUT2D eigenvalue weighted by molar-refractivity contribution is 7.82. The van der Waals surface area contributed by atoms with Gasteiger partial charge in [0.1, 0.15) is 0 Å². The van der Waals surface area contributed by atoms with Crippen LogP contribution in [0, 0.1) is 0 Å². The molecule has 0 bridgehead atoms. The molecule has 1 atom stereocenters. The highest BCUT2D eigenvalue weighted by Crippen LogP contribution is 1.99. The highest BCUT2D eigenvalue weighted by atomic mass is 32.2. The second-order valence-corrected chi connectivity index (χ2v) is 2.44. The molecular weight excluding hydrogens is 126 g/mol. The molecule has 1 heterocycles. The Morgan fingerprint density at radius 3 is 2.50 bits per heavy atom. The summed E-state index contributed by atoms with van der Waals surface area (Å²) >= 11 is -1.75. The molecule has 1 fully saturated rings. The molecule has 0 aromatic carbocycles. The van der Waals surface area contributed by atoms with E-state index in [1.165, 1.54) is 5.41 Å². The predicted octanol–water partition coefficient (Wildman–Crippen LogP) is -0.305. The Kier molecular flexibility index (Phi) is 1.77. The summed E-state index contributed by atoms with van der Waals surface area (Å²) in [6, 6.07) is 0. The fourth-order valence-corrected chi connectivity index (χ4v) is 0.947. The van der Waals surface area contributed by atoms with E-state index < -0.39 is 11.1 Å². The Bertz CT molecular complexity index is 137. The van der Waals surface area contributed by atoms with Crippen molar-refractivity contribution in [2.75, 3.05) is 13.1 Å². The van der Waals surface area contributed by atoms with Gasteiger partial charge in [0.15, 0.2) is 11.1 Å². The molecule has 0 aliphatic carbocycles. The number of hydrogen-bond donors (Lipinski definition) is 2. The first-order valence-corrected chi connectivity index (χ1v) is 3.46. The van der Waals surface area contributed by atoms with E-state index in [-0.39, 0.29) is 0 Å². The van der Waals surface area contributed by atoms with E-state index in [1.807, 2.05) is 0 Å². The molecule has 0 aromatic heterocycles. The van der Waals surface area contributed by atoms with Gasteiger partial charge in [-0.05, 0) is 5.57 Å². The van der Waals surface area contributed by atoms with Crippen molar-refractivity contribution in [2.45, 2.75) is 0 Å². The predicted molar refractivity (Wildman–Crippen MR) is 31.7 cm³/mol. The number of hydrogen-bond acceptors (Lipinski definition) is 2. The molecule has 1 aliphatic rings. The lowest BCUT2D eigenvalue weighted by molar-refractivity contribution is 0.572. The molecule has 1 saturated heterocycles. The maximum Gasteiger partial charge on any atom is 0.179 e. The molecule has 0 amide bonds. The fraction of sp³-hybridized carbons (Fsp3) is 0.500. The van der Waals surface area contributed by atoms with E-state index in [9.17, 15) is 4.21 Å². The quantitative estimate of drug-likeness (QED) is 0.483. The Morgan fingerprint density at radius 1 is 1.75 bits per heavy atom. The van der Waals surface area contributed by atoms with E-state index in [1.54, 1.807) is 0 Å². The van der Waals surface area contributed by atoms with Gasteiger partial charge in [-0.25, -0.2) is 4.21 Å². The Balaban J connectivity index is 2.42. The summed E-state index contributed by atoms with van der Waals surface area (Å²) in [5.41, 5.74) is 1.02. The molecule has 1 rings (SSSR count). The van der Waals surface area contributed by atoms with Crippen LogP contribution in [-0.2, 0) is 11.1 Å². The minimum Gasteiger partial charge on any atom is -0.309 e. The lowest BCUT2D eigenvalue weighted by Crippen LogP contribution is -2.33. The van der Waals surface area contributed by atoms with Gasteiger partial charge in [0.05, 0.1) is 0 Å². The molecule has 0 radical (unpaired) electrons. The highest BCUT2D eigenvalue weighted by Gasteiger charge is 2.06. The van der Waals surface area contributed by atoms with Gasteiger partial charge in [-0.1, -0.05) is 0 Å². The largest absolute Gasteiger partial charge is 0.309 e. The zero-order valence-corrected chi connectivity index (χ0v) is 5.07. The van der Waals surface area contributed by atoms with Crippen molar-refractivity contribution in [1.82, 2.24) is 5.32 Å². The van der Waals surface area contributed by atoms with E-state index in [0.29, 0.717) is 0 Å². The normalized spacial score (nSPS) is 21.9. The molecular formula is C4H7NO2S. The van der Waals surface area contributed by atoms with Gasteiger partial charge in [-0.2, -0.15) is 0 Å². The maximum absolute atomic E-state index is 10.0. The smallest absolute Gasteiger partial charge is 0.179 e. The van der Waals surface area contributed by atoms with Gasteiger partial charge < -0.3 is 9.87 Å². The average Bonchev–Trinajstić information content (AvgIpc) is 1.55. The van der Waals surface area contributed by atoms with Crippen LogP contribution in [0.1, 0.15) is 0 Å². The molecule has 0 aromatic rings. The summed E-state index contributed by atoms with van der Waals surface area (Å²) in [5, 5.41) is 4.31. The van der Waals surface area contributed by atoms with Gasteiger partial charge >= 0.3 is 0 Å². The Morgan fingerprint density at radius 2 is 2.38 bits per heavy atom. The van der Waals surface area contributed by atoms with E-state index in [2.05, 4.69) is 5.32 Å². The fourth-order valence-electron chi connectivity index (χ4n) is 0.495. The first-order chi connectivity index (χ1) is 3.79. The average molecular weight is 133 g/mol. The van der Waals surface area contributed by atoms with Crippen LogP contribution in [0.25, 0.3) is 0 Å². The van der Waals surface area contributed by atoms with E-state index in [0.717, 1.165) is 18.7 Å². The van der Waals surface area contributed by atoms with Gasteiger partial charge in [0.2, 0.25) is 0 Å². The molecule has 0 saturated carbocycles. The summed E-state index contributed by atoms with van der Waals surface area (Å²) in [6.07, 6.45) is 0. The molecule has 46 valence electrons. The molecule has 2 N–H and O–H groups in total. The van der Waals surface area contributed by atoms with Crippen LogP contribution >= 0.6 is 0 Å². The van der Waals surface area contributed by atoms with Crippen molar-refractivity contribution in [3.8, 4) is 0 Å². The lowest BCUT2D eigenvalue weighted by Gasteiger charge is -2.16. The van der Waals surface area contributed by atoms with Crippen molar-refractivity contribution in [2.24, 2.45) is 0 Å². The zero-order chi connectivity index (χ0) is 5.98. The van der Waals surface area contributed by atoms with Crippen molar-refractivity contribution >= 4 is 11.1 Å². The van der Waals surface area contributed by atoms with Crippen molar-refractivity contribution < 1.29 is 8.76 Å². The minimum absolute atomic E-state index is 0.770. The van der Waals surface area contributed by atoms with E-state index >= 15 is 0 Å². The SMILES string of the molecule is O=S(O)C=C1CNC1. The summed E-state index contributed by atoms with van der Waals surface area (Å²) in [5.74, 6) is 0. The summed E-state index contributed by atoms with van der Waals surface area (Å²) in [7, 11) is 0. The summed E-state index contributed by atoms with van der Waals surface area (Å²) in [4.78, 5) is 0. The van der Waals surface area contributed by atoms with Gasteiger partial charge in [0, 0.05) is 18.5 Å². The molecule has 4 heteroatoms. The lowest BCUT2D eigenvalue weighted by atomic mass is 10.2. The number of rotatable bonds is 1. The Hall–Kier alpha value is -0.190. The van der Waals surface area contributed by atoms with Crippen LogP contribution < -0.4 is 5.32 Å². The van der Waals surface area contributed by atoms with Gasteiger partial charge in [-0.15, -0.1) is 0 Å². The van der Waals surface area contributed by atoms with Crippen LogP contribution in [0.3, 0.4) is 0 Å². The van der Waals surface area contributed by atoms with E-state index in [4.69, 9.17) is 4.55 Å². The van der Waals surface area contributed by atoms with Crippen molar-refractivity contribution in [1.29, 1.82) is 0 Å². The molecule has 8 heavy (non-hydrogen) atoms. The zero-order valence-electron chi connectivity index (χ0n) is 4.26. The van der Waals surface area contributed by atoms with Gasteiger partial charge in [-0.3, -0.25) is 0 Å². The second-order valence-electron chi connectivity index (χ2n) is 1.66. The number of nitrogens with one attached hydrogen (secondary N) is 1. The Labute approximate surface area is 50.1 Å². The van der Waals surface area contributed by atoms with Crippen molar-refractivity contribution in [3.05, 3.63) is 11.0 Å². The van der Waals surface area contributed by atoms with Gasteiger partial charge in [0.25, 0.3) is 0 Å². The van der Waals surface area contributed by atoms with Crippen molar-refractivity contribution in [3.63, 3.8) is 0 Å². The summed E-state index contributed by atoms with van der Waals surface area (Å²) < 4.78 is 18.3. The first-order valence-electron chi connectivity index (χ1n) is 2.29. The molecule has 3 nitrogen and oxygen atoms in total. The maximum atomic E-state index is 10.0. The van der Waals surface area contributed by atoms with Crippen LogP contribution in [0.5, 0.6) is 0 Å². The third kappa shape index (κ3) is 1.40. The van der Waals surface area contributed by atoms with Crippen LogP contribution in [0.4, 0.5) is 0 Å². The third-order valence-corrected chi connectivity index (χ3v) is 1.51. The topological polar surface area (TPSA) is 49.3 Å². The molecule has 1 aliphatic heterocycles. The minimum atomic E-state index is -1.75. The molecule has 0 spiro atoms. The van der Waals surface area contributed by atoms with Crippen LogP contribution in [0.2, 0.25) is 0 Å². The first kappa shape index (κ1) is 5.94. The second kappa shape index (κ2) is 2.39. The standard InChI is InChI=1S/C4H7NO2S/c6-8(7)3-4-1-5-2-4/h3,5H,1-2H2,(H,6,7). The molecule has 1 unspecified atom stereocenters. The third-order valence-electron chi connectivity index (χ3n) is 0.972. The summed E-state index contributed by atoms with van der Waals surface area (Å²) in [6.45, 7) is 1.54. The van der Waals surface area contributed by atoms with Crippen LogP contribution in [-0.4, -0.2) is 21.9 Å². The monoisotopic (exact) mass is 133 g/mol.